The van der Waals surface area contributed by atoms with Crippen LogP contribution in [0.5, 0.6) is 5.75 Å². The molecule has 2 fully saturated rings. The van der Waals surface area contributed by atoms with E-state index in [0.717, 1.165) is 44.0 Å². The molecule has 160 valence electrons. The first-order valence-corrected chi connectivity index (χ1v) is 10.8. The predicted molar refractivity (Wildman–Crippen MR) is 118 cm³/mol. The summed E-state index contributed by atoms with van der Waals surface area (Å²) < 4.78 is 5.80. The van der Waals surface area contributed by atoms with Crippen molar-refractivity contribution in [2.75, 3.05) is 44.2 Å². The van der Waals surface area contributed by atoms with Crippen LogP contribution in [-0.2, 0) is 11.3 Å². The molecule has 0 aromatic heterocycles. The van der Waals surface area contributed by atoms with Crippen LogP contribution in [0.25, 0.3) is 0 Å². The van der Waals surface area contributed by atoms with E-state index in [4.69, 9.17) is 4.74 Å². The highest BCUT2D eigenvalue weighted by molar-refractivity contribution is 5.94. The van der Waals surface area contributed by atoms with Crippen LogP contribution in [0.4, 0.5) is 5.69 Å². The minimum absolute atomic E-state index is 0.0760. The molecule has 0 bridgehead atoms. The SMILES string of the molecule is CC1CN(Cc2ccc(C(=O)N3CCN(c4ccccc4O)CC3)cc2)CC(C)O1. The number of phenols is 1. The van der Waals surface area contributed by atoms with Crippen molar-refractivity contribution in [3.63, 3.8) is 0 Å². The standard InChI is InChI=1S/C24H31N3O3/c1-18-15-25(16-19(2)30-18)17-20-7-9-21(10-8-20)24(29)27-13-11-26(12-14-27)22-5-3-4-6-23(22)28/h3-10,18-19,28H,11-17H2,1-2H3. The van der Waals surface area contributed by atoms with Gasteiger partial charge in [0.1, 0.15) is 5.75 Å². The minimum Gasteiger partial charge on any atom is -0.506 e. The zero-order valence-corrected chi connectivity index (χ0v) is 17.8. The van der Waals surface area contributed by atoms with Gasteiger partial charge >= 0.3 is 0 Å². The molecule has 6 heteroatoms. The van der Waals surface area contributed by atoms with Crippen molar-refractivity contribution in [3.05, 3.63) is 59.7 Å². The Bertz CT molecular complexity index is 852. The highest BCUT2D eigenvalue weighted by atomic mass is 16.5. The summed E-state index contributed by atoms with van der Waals surface area (Å²) in [5.74, 6) is 0.365. The van der Waals surface area contributed by atoms with Gasteiger partial charge in [0.15, 0.2) is 0 Å². The number of hydrogen-bond donors (Lipinski definition) is 1. The number of aromatic hydroxyl groups is 1. The summed E-state index contributed by atoms with van der Waals surface area (Å²) in [5.41, 5.74) is 2.79. The van der Waals surface area contributed by atoms with Crippen LogP contribution >= 0.6 is 0 Å². The number of benzene rings is 2. The molecule has 2 aliphatic heterocycles. The summed E-state index contributed by atoms with van der Waals surface area (Å²) in [7, 11) is 0. The second-order valence-corrected chi connectivity index (χ2v) is 8.42. The maximum Gasteiger partial charge on any atom is 0.253 e. The fraction of sp³-hybridized carbons (Fsp3) is 0.458. The maximum absolute atomic E-state index is 12.9. The Labute approximate surface area is 178 Å². The molecule has 0 spiro atoms. The van der Waals surface area contributed by atoms with Crippen LogP contribution in [0.15, 0.2) is 48.5 Å². The van der Waals surface area contributed by atoms with E-state index in [9.17, 15) is 9.90 Å². The monoisotopic (exact) mass is 409 g/mol. The van der Waals surface area contributed by atoms with Gasteiger partial charge in [-0.2, -0.15) is 0 Å². The van der Waals surface area contributed by atoms with E-state index < -0.39 is 0 Å². The molecule has 30 heavy (non-hydrogen) atoms. The smallest absolute Gasteiger partial charge is 0.253 e. The molecule has 0 saturated carbocycles. The van der Waals surface area contributed by atoms with E-state index in [-0.39, 0.29) is 23.9 Å². The Balaban J connectivity index is 1.32. The fourth-order valence-corrected chi connectivity index (χ4v) is 4.49. The largest absolute Gasteiger partial charge is 0.506 e. The van der Waals surface area contributed by atoms with E-state index in [0.29, 0.717) is 13.1 Å². The minimum atomic E-state index is 0.0760. The molecule has 0 radical (unpaired) electrons. The summed E-state index contributed by atoms with van der Waals surface area (Å²) in [5, 5.41) is 10.1. The van der Waals surface area contributed by atoms with E-state index >= 15 is 0 Å². The summed E-state index contributed by atoms with van der Waals surface area (Å²) in [6.45, 7) is 9.72. The van der Waals surface area contributed by atoms with Gasteiger partial charge in [-0.15, -0.1) is 0 Å². The second kappa shape index (κ2) is 9.06. The number of morpholine rings is 1. The number of carbonyl (C=O) groups excluding carboxylic acids is 1. The number of piperazine rings is 1. The first kappa shape index (κ1) is 20.7. The molecular formula is C24H31N3O3. The molecule has 2 aromatic carbocycles. The second-order valence-electron chi connectivity index (χ2n) is 8.42. The van der Waals surface area contributed by atoms with Crippen LogP contribution in [0.3, 0.4) is 0 Å². The topological polar surface area (TPSA) is 56.3 Å². The van der Waals surface area contributed by atoms with Gasteiger partial charge in [0.25, 0.3) is 5.91 Å². The number of nitrogens with zero attached hydrogens (tertiary/aromatic N) is 3. The summed E-state index contributed by atoms with van der Waals surface area (Å²) in [6.07, 6.45) is 0.511. The molecule has 2 atom stereocenters. The average Bonchev–Trinajstić information content (AvgIpc) is 2.74. The van der Waals surface area contributed by atoms with E-state index in [1.165, 1.54) is 5.56 Å². The lowest BCUT2D eigenvalue weighted by atomic mass is 10.1. The highest BCUT2D eigenvalue weighted by Gasteiger charge is 2.24. The third kappa shape index (κ3) is 4.77. The first-order chi connectivity index (χ1) is 14.5. The molecule has 2 heterocycles. The molecule has 0 aliphatic carbocycles. The van der Waals surface area contributed by atoms with Crippen molar-refractivity contribution in [1.29, 1.82) is 0 Å². The number of rotatable bonds is 4. The van der Waals surface area contributed by atoms with Gasteiger partial charge in [-0.1, -0.05) is 24.3 Å². The van der Waals surface area contributed by atoms with E-state index in [1.807, 2.05) is 35.2 Å². The lowest BCUT2D eigenvalue weighted by molar-refractivity contribution is -0.0704. The number of anilines is 1. The Morgan fingerprint density at radius 1 is 0.967 bits per heavy atom. The van der Waals surface area contributed by atoms with Crippen molar-refractivity contribution < 1.29 is 14.6 Å². The number of ether oxygens (including phenoxy) is 1. The Morgan fingerprint density at radius 2 is 1.60 bits per heavy atom. The number of phenolic OH excluding ortho intramolecular Hbond substituents is 1. The maximum atomic E-state index is 12.9. The van der Waals surface area contributed by atoms with Gasteiger partial charge in [-0.05, 0) is 43.7 Å². The molecule has 1 N–H and O–H groups in total. The lowest BCUT2D eigenvalue weighted by Crippen LogP contribution is -2.48. The predicted octanol–water partition coefficient (Wildman–Crippen LogP) is 2.96. The highest BCUT2D eigenvalue weighted by Crippen LogP contribution is 2.27. The van der Waals surface area contributed by atoms with Crippen LogP contribution in [-0.4, -0.2) is 72.3 Å². The summed E-state index contributed by atoms with van der Waals surface area (Å²) >= 11 is 0. The molecular weight excluding hydrogens is 378 g/mol. The molecule has 2 aliphatic rings. The van der Waals surface area contributed by atoms with Crippen molar-refractivity contribution in [2.24, 2.45) is 0 Å². The normalized spacial score (nSPS) is 22.9. The lowest BCUT2D eigenvalue weighted by Gasteiger charge is -2.36. The number of hydrogen-bond acceptors (Lipinski definition) is 5. The first-order valence-electron chi connectivity index (χ1n) is 10.8. The zero-order valence-electron chi connectivity index (χ0n) is 17.8. The molecule has 2 saturated heterocycles. The molecule has 6 nitrogen and oxygen atoms in total. The van der Waals surface area contributed by atoms with Gasteiger partial charge in [0, 0.05) is 51.4 Å². The zero-order chi connectivity index (χ0) is 21.1. The number of carbonyl (C=O) groups is 1. The summed E-state index contributed by atoms with van der Waals surface area (Å²) in [6, 6.07) is 15.4. The third-order valence-corrected chi connectivity index (χ3v) is 5.89. The van der Waals surface area contributed by atoms with Crippen LogP contribution in [0.1, 0.15) is 29.8 Å². The van der Waals surface area contributed by atoms with E-state index in [2.05, 4.69) is 35.8 Å². The van der Waals surface area contributed by atoms with Crippen LogP contribution in [0.2, 0.25) is 0 Å². The molecule has 4 rings (SSSR count). The van der Waals surface area contributed by atoms with Crippen LogP contribution in [0, 0.1) is 0 Å². The molecule has 1 amide bonds. The molecule has 2 aromatic rings. The van der Waals surface area contributed by atoms with Gasteiger partial charge in [0.2, 0.25) is 0 Å². The van der Waals surface area contributed by atoms with Crippen molar-refractivity contribution in [1.82, 2.24) is 9.80 Å². The Morgan fingerprint density at radius 3 is 2.23 bits per heavy atom. The summed E-state index contributed by atoms with van der Waals surface area (Å²) in [4.78, 5) is 19.4. The quantitative estimate of drug-likeness (QED) is 0.842. The number of para-hydroxylation sites is 2. The van der Waals surface area contributed by atoms with E-state index in [1.54, 1.807) is 6.07 Å². The van der Waals surface area contributed by atoms with Gasteiger partial charge in [0.05, 0.1) is 17.9 Å². The van der Waals surface area contributed by atoms with Crippen LogP contribution < -0.4 is 4.90 Å². The van der Waals surface area contributed by atoms with Gasteiger partial charge < -0.3 is 19.6 Å². The average molecular weight is 410 g/mol. The van der Waals surface area contributed by atoms with Gasteiger partial charge in [-0.25, -0.2) is 0 Å². The number of amides is 1. The Hall–Kier alpha value is -2.57. The molecule has 2 unspecified atom stereocenters. The third-order valence-electron chi connectivity index (χ3n) is 5.89. The Kier molecular flexibility index (Phi) is 6.25. The van der Waals surface area contributed by atoms with Gasteiger partial charge in [-0.3, -0.25) is 9.69 Å². The van der Waals surface area contributed by atoms with Crippen molar-refractivity contribution in [2.45, 2.75) is 32.6 Å². The van der Waals surface area contributed by atoms with Crippen molar-refractivity contribution in [3.8, 4) is 5.75 Å². The van der Waals surface area contributed by atoms with Crippen molar-refractivity contribution >= 4 is 11.6 Å². The fourth-order valence-electron chi connectivity index (χ4n) is 4.49.